The number of nitrogens with one attached hydrogen (secondary N) is 1. The van der Waals surface area contributed by atoms with Crippen LogP contribution in [0.15, 0.2) is 48.5 Å². The van der Waals surface area contributed by atoms with Crippen LogP contribution in [0.4, 0.5) is 5.69 Å². The van der Waals surface area contributed by atoms with E-state index in [-0.39, 0.29) is 5.91 Å². The molecule has 2 aromatic rings. The van der Waals surface area contributed by atoms with Crippen molar-refractivity contribution in [3.8, 4) is 0 Å². The van der Waals surface area contributed by atoms with Gasteiger partial charge in [-0.1, -0.05) is 55.3 Å². The van der Waals surface area contributed by atoms with Crippen LogP contribution in [-0.4, -0.2) is 44.6 Å². The summed E-state index contributed by atoms with van der Waals surface area (Å²) in [7, 11) is -3.69. The first-order valence-electron chi connectivity index (χ1n) is 11.1. The second kappa shape index (κ2) is 11.2. The maximum absolute atomic E-state index is 13.1. The Morgan fingerprint density at radius 2 is 1.78 bits per heavy atom. The lowest BCUT2D eigenvalue weighted by Crippen LogP contribution is -2.49. The highest BCUT2D eigenvalue weighted by molar-refractivity contribution is 7.92. The van der Waals surface area contributed by atoms with Crippen LogP contribution >= 0.6 is 11.6 Å². The van der Waals surface area contributed by atoms with Crippen molar-refractivity contribution in [1.82, 2.24) is 10.2 Å². The highest BCUT2D eigenvalue weighted by Gasteiger charge is 2.31. The average molecular weight is 478 g/mol. The first-order chi connectivity index (χ1) is 15.3. The van der Waals surface area contributed by atoms with Crippen molar-refractivity contribution in [3.63, 3.8) is 0 Å². The van der Waals surface area contributed by atoms with E-state index in [2.05, 4.69) is 16.3 Å². The standard InChI is InChI=1S/C24H32ClN3O3S/c1-3-23(28(32(2,30)31)22-13-9-12-21(25)16-22)24(29)26-17-19-10-5-6-11-20(19)18-27-14-7-4-8-15-27/h5-6,9-13,16,23H,3-4,7-8,14-15,17-18H2,1-2H3,(H,26,29)/t23-/m1/s1. The fraction of sp³-hybridized carbons (Fsp3) is 0.458. The zero-order valence-electron chi connectivity index (χ0n) is 18.8. The van der Waals surface area contributed by atoms with Crippen molar-refractivity contribution in [2.45, 2.75) is 51.7 Å². The Morgan fingerprint density at radius 3 is 2.41 bits per heavy atom. The summed E-state index contributed by atoms with van der Waals surface area (Å²) in [5.41, 5.74) is 2.62. The van der Waals surface area contributed by atoms with E-state index in [9.17, 15) is 13.2 Å². The lowest BCUT2D eigenvalue weighted by Gasteiger charge is -2.30. The maximum Gasteiger partial charge on any atom is 0.244 e. The van der Waals surface area contributed by atoms with Gasteiger partial charge in [-0.2, -0.15) is 0 Å². The van der Waals surface area contributed by atoms with E-state index in [1.165, 1.54) is 24.8 Å². The minimum Gasteiger partial charge on any atom is -0.350 e. The van der Waals surface area contributed by atoms with E-state index in [4.69, 9.17) is 11.6 Å². The van der Waals surface area contributed by atoms with E-state index in [1.807, 2.05) is 18.2 Å². The molecule has 8 heteroatoms. The normalized spacial score (nSPS) is 15.8. The van der Waals surface area contributed by atoms with Crippen molar-refractivity contribution in [3.05, 3.63) is 64.7 Å². The number of hydrogen-bond acceptors (Lipinski definition) is 4. The number of amides is 1. The molecule has 1 aliphatic rings. The van der Waals surface area contributed by atoms with Crippen molar-refractivity contribution in [1.29, 1.82) is 0 Å². The van der Waals surface area contributed by atoms with Gasteiger partial charge < -0.3 is 5.32 Å². The molecule has 1 atom stereocenters. The number of halogens is 1. The third kappa shape index (κ3) is 6.47. The minimum atomic E-state index is -3.69. The minimum absolute atomic E-state index is 0.328. The van der Waals surface area contributed by atoms with Gasteiger partial charge in [-0.05, 0) is 61.7 Å². The first kappa shape index (κ1) is 24.6. The molecule has 1 amide bonds. The predicted molar refractivity (Wildman–Crippen MR) is 130 cm³/mol. The van der Waals surface area contributed by atoms with E-state index in [0.29, 0.717) is 23.7 Å². The molecule has 174 valence electrons. The van der Waals surface area contributed by atoms with E-state index in [1.54, 1.807) is 31.2 Å². The lowest BCUT2D eigenvalue weighted by molar-refractivity contribution is -0.122. The smallest absolute Gasteiger partial charge is 0.244 e. The molecule has 6 nitrogen and oxygen atoms in total. The number of hydrogen-bond donors (Lipinski definition) is 1. The summed E-state index contributed by atoms with van der Waals surface area (Å²) in [6, 6.07) is 13.8. The topological polar surface area (TPSA) is 69.7 Å². The molecule has 0 aliphatic carbocycles. The third-order valence-electron chi connectivity index (χ3n) is 5.81. The summed E-state index contributed by atoms with van der Waals surface area (Å²) >= 11 is 6.08. The molecule has 1 saturated heterocycles. The van der Waals surface area contributed by atoms with Gasteiger partial charge in [0, 0.05) is 18.1 Å². The summed E-state index contributed by atoms with van der Waals surface area (Å²) in [6.07, 6.45) is 5.18. The number of piperidine rings is 1. The van der Waals surface area contributed by atoms with Crippen molar-refractivity contribution in [2.24, 2.45) is 0 Å². The summed E-state index contributed by atoms with van der Waals surface area (Å²) in [5.74, 6) is -0.328. The summed E-state index contributed by atoms with van der Waals surface area (Å²) in [5, 5.41) is 3.38. The number of carbonyl (C=O) groups excluding carboxylic acids is 1. The molecule has 0 saturated carbocycles. The van der Waals surface area contributed by atoms with Crippen LogP contribution in [0.2, 0.25) is 5.02 Å². The van der Waals surface area contributed by atoms with E-state index in [0.717, 1.165) is 35.8 Å². The van der Waals surface area contributed by atoms with Gasteiger partial charge in [0.1, 0.15) is 6.04 Å². The fourth-order valence-electron chi connectivity index (χ4n) is 4.22. The number of sulfonamides is 1. The van der Waals surface area contributed by atoms with Gasteiger partial charge in [-0.15, -0.1) is 0 Å². The number of anilines is 1. The molecular weight excluding hydrogens is 446 g/mol. The monoisotopic (exact) mass is 477 g/mol. The zero-order valence-corrected chi connectivity index (χ0v) is 20.3. The van der Waals surface area contributed by atoms with Gasteiger partial charge in [0.05, 0.1) is 11.9 Å². The van der Waals surface area contributed by atoms with E-state index >= 15 is 0 Å². The molecule has 1 aliphatic heterocycles. The van der Waals surface area contributed by atoms with Crippen molar-refractivity contribution in [2.75, 3.05) is 23.7 Å². The molecule has 2 aromatic carbocycles. The van der Waals surface area contributed by atoms with Gasteiger partial charge in [-0.25, -0.2) is 8.42 Å². The van der Waals surface area contributed by atoms with Gasteiger partial charge in [0.15, 0.2) is 0 Å². The molecule has 1 N–H and O–H groups in total. The molecule has 1 heterocycles. The Bertz CT molecular complexity index is 1020. The molecule has 32 heavy (non-hydrogen) atoms. The van der Waals surface area contributed by atoms with Crippen LogP contribution in [0.1, 0.15) is 43.7 Å². The summed E-state index contributed by atoms with van der Waals surface area (Å²) < 4.78 is 26.4. The highest BCUT2D eigenvalue weighted by atomic mass is 35.5. The number of carbonyl (C=O) groups is 1. The zero-order chi connectivity index (χ0) is 23.1. The third-order valence-corrected chi connectivity index (χ3v) is 7.22. The molecule has 0 spiro atoms. The van der Waals surface area contributed by atoms with Crippen LogP contribution in [-0.2, 0) is 27.9 Å². The van der Waals surface area contributed by atoms with E-state index < -0.39 is 16.1 Å². The molecular formula is C24H32ClN3O3S. The van der Waals surface area contributed by atoms with Crippen LogP contribution in [0.5, 0.6) is 0 Å². The summed E-state index contributed by atoms with van der Waals surface area (Å²) in [6.45, 7) is 5.22. The summed E-state index contributed by atoms with van der Waals surface area (Å²) in [4.78, 5) is 15.6. The van der Waals surface area contributed by atoms with Crippen LogP contribution in [0, 0.1) is 0 Å². The van der Waals surface area contributed by atoms with Crippen molar-refractivity contribution >= 4 is 33.2 Å². The lowest BCUT2D eigenvalue weighted by atomic mass is 10.0. The fourth-order valence-corrected chi connectivity index (χ4v) is 5.60. The quantitative estimate of drug-likeness (QED) is 0.588. The average Bonchev–Trinajstić information content (AvgIpc) is 2.76. The molecule has 0 radical (unpaired) electrons. The first-order valence-corrected chi connectivity index (χ1v) is 13.3. The second-order valence-electron chi connectivity index (χ2n) is 8.29. The molecule has 0 aromatic heterocycles. The number of rotatable bonds is 9. The highest BCUT2D eigenvalue weighted by Crippen LogP contribution is 2.25. The molecule has 0 bridgehead atoms. The molecule has 0 unspecified atom stereocenters. The Kier molecular flexibility index (Phi) is 8.57. The Hall–Kier alpha value is -2.09. The van der Waals surface area contributed by atoms with Gasteiger partial charge >= 0.3 is 0 Å². The Morgan fingerprint density at radius 1 is 1.09 bits per heavy atom. The maximum atomic E-state index is 13.1. The Balaban J connectivity index is 1.75. The predicted octanol–water partition coefficient (Wildman–Crippen LogP) is 4.19. The van der Waals surface area contributed by atoms with Gasteiger partial charge in [0.2, 0.25) is 15.9 Å². The van der Waals surface area contributed by atoms with Gasteiger partial charge in [0.25, 0.3) is 0 Å². The second-order valence-corrected chi connectivity index (χ2v) is 10.6. The number of nitrogens with zero attached hydrogens (tertiary/aromatic N) is 2. The van der Waals surface area contributed by atoms with Gasteiger partial charge in [-0.3, -0.25) is 14.0 Å². The molecule has 3 rings (SSSR count). The number of benzene rings is 2. The van der Waals surface area contributed by atoms with Crippen molar-refractivity contribution < 1.29 is 13.2 Å². The molecule has 1 fully saturated rings. The largest absolute Gasteiger partial charge is 0.350 e. The Labute approximate surface area is 196 Å². The van der Waals surface area contributed by atoms with Crippen LogP contribution in [0.25, 0.3) is 0 Å². The number of likely N-dealkylation sites (tertiary alicyclic amines) is 1. The van der Waals surface area contributed by atoms with Crippen LogP contribution < -0.4 is 9.62 Å². The SMILES string of the molecule is CC[C@H](C(=O)NCc1ccccc1CN1CCCCC1)N(c1cccc(Cl)c1)S(C)(=O)=O. The van der Waals surface area contributed by atoms with Crippen LogP contribution in [0.3, 0.4) is 0 Å².